The van der Waals surface area contributed by atoms with Crippen molar-refractivity contribution in [2.75, 3.05) is 6.54 Å². The summed E-state index contributed by atoms with van der Waals surface area (Å²) in [6.07, 6.45) is 0.620. The minimum Gasteiger partial charge on any atom is -0.480 e. The molecule has 1 saturated heterocycles. The van der Waals surface area contributed by atoms with Gasteiger partial charge in [-0.1, -0.05) is 54.6 Å². The Morgan fingerprint density at radius 3 is 2.21 bits per heavy atom. The number of amides is 1. The summed E-state index contributed by atoms with van der Waals surface area (Å²) in [5.41, 5.74) is 2.80. The molecule has 0 saturated carbocycles. The maximum absolute atomic E-state index is 12.4. The van der Waals surface area contributed by atoms with Crippen LogP contribution in [0.5, 0.6) is 0 Å². The molecule has 0 spiro atoms. The van der Waals surface area contributed by atoms with Crippen molar-refractivity contribution in [3.05, 3.63) is 60.2 Å². The zero-order valence-electron chi connectivity index (χ0n) is 16.6. The third kappa shape index (κ3) is 4.91. The summed E-state index contributed by atoms with van der Waals surface area (Å²) in [6, 6.07) is 17.7. The first-order valence-corrected chi connectivity index (χ1v) is 9.60. The number of hydrogen-bond donors (Lipinski definition) is 1. The lowest BCUT2D eigenvalue weighted by Gasteiger charge is -2.26. The van der Waals surface area contributed by atoms with E-state index in [1.54, 1.807) is 20.8 Å². The number of carboxylic acids is 1. The molecule has 1 aliphatic rings. The van der Waals surface area contributed by atoms with Gasteiger partial charge in [0.25, 0.3) is 0 Å². The second-order valence-corrected chi connectivity index (χ2v) is 8.36. The minimum atomic E-state index is -0.979. The van der Waals surface area contributed by atoms with Gasteiger partial charge in [0.2, 0.25) is 0 Å². The zero-order chi connectivity index (χ0) is 20.3. The highest BCUT2D eigenvalue weighted by Gasteiger charge is 2.41. The van der Waals surface area contributed by atoms with Crippen LogP contribution in [0.15, 0.2) is 54.6 Å². The van der Waals surface area contributed by atoms with Gasteiger partial charge in [-0.25, -0.2) is 9.59 Å². The summed E-state index contributed by atoms with van der Waals surface area (Å²) in [5.74, 6) is -0.885. The van der Waals surface area contributed by atoms with Crippen LogP contribution in [-0.4, -0.2) is 40.3 Å². The van der Waals surface area contributed by atoms with Crippen LogP contribution in [-0.2, 0) is 16.0 Å². The molecule has 148 valence electrons. The lowest BCUT2D eigenvalue weighted by molar-refractivity contribution is -0.142. The fourth-order valence-corrected chi connectivity index (χ4v) is 3.62. The molecule has 2 aromatic rings. The number of benzene rings is 2. The van der Waals surface area contributed by atoms with E-state index in [9.17, 15) is 14.7 Å². The van der Waals surface area contributed by atoms with E-state index in [1.807, 2.05) is 18.2 Å². The first-order chi connectivity index (χ1) is 13.2. The molecule has 1 heterocycles. The molecule has 0 bridgehead atoms. The van der Waals surface area contributed by atoms with Crippen molar-refractivity contribution >= 4 is 12.1 Å². The van der Waals surface area contributed by atoms with Crippen molar-refractivity contribution in [1.29, 1.82) is 0 Å². The normalized spacial score (nSPS) is 19.5. The topological polar surface area (TPSA) is 66.8 Å². The Balaban J connectivity index is 1.67. The van der Waals surface area contributed by atoms with Crippen LogP contribution >= 0.6 is 0 Å². The Morgan fingerprint density at radius 1 is 1.04 bits per heavy atom. The first-order valence-electron chi connectivity index (χ1n) is 9.60. The maximum atomic E-state index is 12.4. The minimum absolute atomic E-state index is 0.0937. The predicted octanol–water partition coefficient (Wildman–Crippen LogP) is 4.61. The van der Waals surface area contributed by atoms with E-state index in [4.69, 9.17) is 4.74 Å². The monoisotopic (exact) mass is 381 g/mol. The number of hydrogen-bond acceptors (Lipinski definition) is 3. The molecule has 1 aliphatic heterocycles. The SMILES string of the molecule is CC(C)(C)OC(=O)N1CC(Cc2ccc(-c3ccccc3)cc2)CC1C(=O)O. The van der Waals surface area contributed by atoms with Crippen molar-refractivity contribution in [1.82, 2.24) is 4.90 Å². The molecule has 2 unspecified atom stereocenters. The van der Waals surface area contributed by atoms with Gasteiger partial charge in [-0.05, 0) is 56.2 Å². The highest BCUT2D eigenvalue weighted by Crippen LogP contribution is 2.29. The van der Waals surface area contributed by atoms with Crippen molar-refractivity contribution in [2.24, 2.45) is 5.92 Å². The van der Waals surface area contributed by atoms with E-state index in [0.717, 1.165) is 23.1 Å². The predicted molar refractivity (Wildman–Crippen MR) is 108 cm³/mol. The molecule has 0 radical (unpaired) electrons. The number of rotatable bonds is 4. The average Bonchev–Trinajstić information content (AvgIpc) is 3.06. The Hall–Kier alpha value is -2.82. The number of carbonyl (C=O) groups excluding carboxylic acids is 1. The highest BCUT2D eigenvalue weighted by atomic mass is 16.6. The van der Waals surface area contributed by atoms with Crippen LogP contribution in [0.25, 0.3) is 11.1 Å². The van der Waals surface area contributed by atoms with Gasteiger partial charge in [0.05, 0.1) is 0 Å². The summed E-state index contributed by atoms with van der Waals surface area (Å²) in [5, 5.41) is 9.53. The summed E-state index contributed by atoms with van der Waals surface area (Å²) in [4.78, 5) is 25.4. The number of nitrogens with zero attached hydrogens (tertiary/aromatic N) is 1. The molecule has 5 nitrogen and oxygen atoms in total. The van der Waals surface area contributed by atoms with Crippen LogP contribution < -0.4 is 0 Å². The molecule has 0 aromatic heterocycles. The summed E-state index contributed by atoms with van der Waals surface area (Å²) in [7, 11) is 0. The molecule has 1 amide bonds. The molecule has 3 rings (SSSR count). The van der Waals surface area contributed by atoms with E-state index in [1.165, 1.54) is 4.90 Å². The fraction of sp³-hybridized carbons (Fsp3) is 0.391. The molecule has 1 N–H and O–H groups in total. The quantitative estimate of drug-likeness (QED) is 0.840. The van der Waals surface area contributed by atoms with Crippen LogP contribution in [0.3, 0.4) is 0 Å². The van der Waals surface area contributed by atoms with Crippen LogP contribution in [0.4, 0.5) is 4.79 Å². The van der Waals surface area contributed by atoms with Gasteiger partial charge < -0.3 is 9.84 Å². The largest absolute Gasteiger partial charge is 0.480 e. The van der Waals surface area contributed by atoms with Gasteiger partial charge in [0.15, 0.2) is 0 Å². The number of aliphatic carboxylic acids is 1. The third-order valence-corrected chi connectivity index (χ3v) is 4.89. The van der Waals surface area contributed by atoms with Crippen LogP contribution in [0, 0.1) is 5.92 Å². The molecular weight excluding hydrogens is 354 g/mol. The molecular formula is C23H27NO4. The smallest absolute Gasteiger partial charge is 0.411 e. The Kier molecular flexibility index (Phi) is 5.73. The molecule has 2 aromatic carbocycles. The van der Waals surface area contributed by atoms with Gasteiger partial charge in [-0.3, -0.25) is 4.90 Å². The van der Waals surface area contributed by atoms with Gasteiger partial charge in [-0.15, -0.1) is 0 Å². The van der Waals surface area contributed by atoms with E-state index < -0.39 is 23.7 Å². The number of likely N-dealkylation sites (tertiary alicyclic amines) is 1. The van der Waals surface area contributed by atoms with Gasteiger partial charge >= 0.3 is 12.1 Å². The maximum Gasteiger partial charge on any atom is 0.411 e. The van der Waals surface area contributed by atoms with Gasteiger partial charge in [0.1, 0.15) is 11.6 Å². The number of carboxylic acid groups (broad SMARTS) is 1. The number of carbonyl (C=O) groups is 2. The van der Waals surface area contributed by atoms with Crippen molar-refractivity contribution in [3.63, 3.8) is 0 Å². The van der Waals surface area contributed by atoms with Gasteiger partial charge in [0, 0.05) is 6.54 Å². The molecule has 5 heteroatoms. The Labute approximate surface area is 165 Å². The van der Waals surface area contributed by atoms with Gasteiger partial charge in [-0.2, -0.15) is 0 Å². The summed E-state index contributed by atoms with van der Waals surface area (Å²) >= 11 is 0. The lowest BCUT2D eigenvalue weighted by Crippen LogP contribution is -2.43. The lowest BCUT2D eigenvalue weighted by atomic mass is 9.95. The highest BCUT2D eigenvalue weighted by molar-refractivity contribution is 5.81. The van der Waals surface area contributed by atoms with Crippen molar-refractivity contribution < 1.29 is 19.4 Å². The average molecular weight is 381 g/mol. The Morgan fingerprint density at radius 2 is 1.64 bits per heavy atom. The number of ether oxygens (including phenoxy) is 1. The van der Waals surface area contributed by atoms with E-state index in [2.05, 4.69) is 36.4 Å². The summed E-state index contributed by atoms with van der Waals surface area (Å²) < 4.78 is 5.39. The molecule has 1 fully saturated rings. The van der Waals surface area contributed by atoms with E-state index >= 15 is 0 Å². The van der Waals surface area contributed by atoms with Crippen molar-refractivity contribution in [2.45, 2.75) is 45.3 Å². The second kappa shape index (κ2) is 8.05. The zero-order valence-corrected chi connectivity index (χ0v) is 16.6. The molecule has 2 atom stereocenters. The van der Waals surface area contributed by atoms with Crippen LogP contribution in [0.1, 0.15) is 32.8 Å². The second-order valence-electron chi connectivity index (χ2n) is 8.36. The van der Waals surface area contributed by atoms with E-state index in [-0.39, 0.29) is 5.92 Å². The molecule has 28 heavy (non-hydrogen) atoms. The fourth-order valence-electron chi connectivity index (χ4n) is 3.62. The first kappa shape index (κ1) is 19.9. The van der Waals surface area contributed by atoms with Crippen molar-refractivity contribution in [3.8, 4) is 11.1 Å². The third-order valence-electron chi connectivity index (χ3n) is 4.89. The molecule has 0 aliphatic carbocycles. The standard InChI is InChI=1S/C23H27NO4/c1-23(2,3)28-22(27)24-15-17(14-20(24)21(25)26)13-16-9-11-19(12-10-16)18-7-5-4-6-8-18/h4-12,17,20H,13-15H2,1-3H3,(H,25,26). The summed E-state index contributed by atoms with van der Waals surface area (Å²) in [6.45, 7) is 5.74. The Bertz CT molecular complexity index is 824. The van der Waals surface area contributed by atoms with Crippen LogP contribution in [0.2, 0.25) is 0 Å². The van der Waals surface area contributed by atoms with E-state index in [0.29, 0.717) is 13.0 Å².